The molecule has 0 bridgehead atoms. The molecule has 1 aliphatic rings. The van der Waals surface area contributed by atoms with Crippen LogP contribution in [-0.4, -0.2) is 31.7 Å². The predicted octanol–water partition coefficient (Wildman–Crippen LogP) is 3.93. The molecule has 5 nitrogen and oxygen atoms in total. The lowest BCUT2D eigenvalue weighted by Crippen LogP contribution is -2.43. The van der Waals surface area contributed by atoms with E-state index >= 15 is 0 Å². The van der Waals surface area contributed by atoms with Crippen molar-refractivity contribution >= 4 is 27.5 Å². The van der Waals surface area contributed by atoms with Gasteiger partial charge in [0.05, 0.1) is 10.9 Å². The van der Waals surface area contributed by atoms with Gasteiger partial charge in [-0.05, 0) is 56.5 Å². The first-order chi connectivity index (χ1) is 13.3. The minimum Gasteiger partial charge on any atom is -0.349 e. The Bertz CT molecular complexity index is 919. The molecular formula is C21H25ClN2O3S. The van der Waals surface area contributed by atoms with Gasteiger partial charge in [0.1, 0.15) is 0 Å². The number of amides is 1. The fraction of sp³-hybridized carbons (Fsp3) is 0.381. The van der Waals surface area contributed by atoms with Crippen LogP contribution in [-0.2, 0) is 14.8 Å². The van der Waals surface area contributed by atoms with Crippen LogP contribution in [0.3, 0.4) is 0 Å². The van der Waals surface area contributed by atoms with E-state index in [-0.39, 0.29) is 22.8 Å². The van der Waals surface area contributed by atoms with E-state index in [1.54, 1.807) is 12.1 Å². The van der Waals surface area contributed by atoms with Gasteiger partial charge >= 0.3 is 0 Å². The Hall–Kier alpha value is -1.89. The summed E-state index contributed by atoms with van der Waals surface area (Å²) < 4.78 is 26.9. The Morgan fingerprint density at radius 1 is 1.07 bits per heavy atom. The molecule has 1 amide bonds. The fourth-order valence-corrected chi connectivity index (χ4v) is 4.98. The van der Waals surface area contributed by atoms with Gasteiger partial charge in [0.15, 0.2) is 0 Å². The summed E-state index contributed by atoms with van der Waals surface area (Å²) in [5, 5.41) is 3.55. The molecule has 1 aliphatic heterocycles. The number of rotatable bonds is 5. The number of aryl methyl sites for hydroxylation is 1. The molecule has 1 heterocycles. The average Bonchev–Trinajstić information content (AvgIpc) is 2.69. The number of piperidine rings is 1. The maximum absolute atomic E-state index is 12.7. The molecule has 0 aliphatic carbocycles. The number of halogens is 1. The van der Waals surface area contributed by atoms with Crippen LogP contribution in [0.1, 0.15) is 36.9 Å². The van der Waals surface area contributed by atoms with Crippen molar-refractivity contribution in [1.82, 2.24) is 9.62 Å². The van der Waals surface area contributed by atoms with Crippen molar-refractivity contribution in [2.75, 3.05) is 13.1 Å². The standard InChI is InChI=1S/C21H25ClN2O3S/c1-15-3-5-17(6-4-15)16(2)23-21(25)18-11-13-24(14-12-18)28(26,27)20-9-7-19(22)8-10-20/h3-10,16,18H,11-14H2,1-2H3,(H,23,25). The van der Waals surface area contributed by atoms with Gasteiger partial charge in [-0.15, -0.1) is 0 Å². The monoisotopic (exact) mass is 420 g/mol. The third-order valence-electron chi connectivity index (χ3n) is 5.21. The Balaban J connectivity index is 1.57. The van der Waals surface area contributed by atoms with Gasteiger partial charge in [-0.2, -0.15) is 4.31 Å². The van der Waals surface area contributed by atoms with E-state index < -0.39 is 10.0 Å². The SMILES string of the molecule is Cc1ccc(C(C)NC(=O)C2CCN(S(=O)(=O)c3ccc(Cl)cc3)CC2)cc1. The van der Waals surface area contributed by atoms with Gasteiger partial charge in [0.2, 0.25) is 15.9 Å². The van der Waals surface area contributed by atoms with E-state index in [2.05, 4.69) is 5.32 Å². The minimum atomic E-state index is -3.56. The van der Waals surface area contributed by atoms with E-state index in [4.69, 9.17) is 11.6 Å². The highest BCUT2D eigenvalue weighted by atomic mass is 35.5. The van der Waals surface area contributed by atoms with Crippen LogP contribution in [0.2, 0.25) is 5.02 Å². The van der Waals surface area contributed by atoms with Crippen LogP contribution in [0.5, 0.6) is 0 Å². The van der Waals surface area contributed by atoms with Crippen molar-refractivity contribution in [2.45, 2.75) is 37.6 Å². The zero-order valence-electron chi connectivity index (χ0n) is 16.1. The fourth-order valence-electron chi connectivity index (χ4n) is 3.38. The number of carbonyl (C=O) groups excluding carboxylic acids is 1. The van der Waals surface area contributed by atoms with Gasteiger partial charge in [-0.25, -0.2) is 8.42 Å². The highest BCUT2D eigenvalue weighted by Crippen LogP contribution is 2.25. The predicted molar refractivity (Wildman–Crippen MR) is 111 cm³/mol. The molecule has 1 unspecified atom stereocenters. The summed E-state index contributed by atoms with van der Waals surface area (Å²) in [6.07, 6.45) is 1.03. The summed E-state index contributed by atoms with van der Waals surface area (Å²) in [5.74, 6) is -0.193. The van der Waals surface area contributed by atoms with Gasteiger partial charge in [0.25, 0.3) is 0 Å². The maximum Gasteiger partial charge on any atom is 0.243 e. The number of hydrogen-bond acceptors (Lipinski definition) is 3. The summed E-state index contributed by atoms with van der Waals surface area (Å²) in [7, 11) is -3.56. The van der Waals surface area contributed by atoms with Crippen molar-refractivity contribution in [3.63, 3.8) is 0 Å². The molecule has 7 heteroatoms. The number of hydrogen-bond donors (Lipinski definition) is 1. The van der Waals surface area contributed by atoms with Crippen molar-refractivity contribution in [3.8, 4) is 0 Å². The number of carbonyl (C=O) groups is 1. The maximum atomic E-state index is 12.7. The van der Waals surface area contributed by atoms with Gasteiger partial charge in [0, 0.05) is 24.0 Å². The first-order valence-electron chi connectivity index (χ1n) is 9.40. The Morgan fingerprint density at radius 3 is 2.21 bits per heavy atom. The van der Waals surface area contributed by atoms with Gasteiger partial charge < -0.3 is 5.32 Å². The summed E-state index contributed by atoms with van der Waals surface area (Å²) in [6.45, 7) is 4.66. The number of sulfonamides is 1. The first-order valence-corrected chi connectivity index (χ1v) is 11.2. The molecule has 0 spiro atoms. The van der Waals surface area contributed by atoms with Gasteiger partial charge in [-0.3, -0.25) is 4.79 Å². The largest absolute Gasteiger partial charge is 0.349 e. The molecule has 3 rings (SSSR count). The Kier molecular flexibility index (Phi) is 6.43. The lowest BCUT2D eigenvalue weighted by molar-refractivity contribution is -0.126. The minimum absolute atomic E-state index is 0.0170. The normalized spacial score (nSPS) is 17.2. The number of nitrogens with zero attached hydrogens (tertiary/aromatic N) is 1. The van der Waals surface area contributed by atoms with Crippen LogP contribution in [0, 0.1) is 12.8 Å². The van der Waals surface area contributed by atoms with Crippen molar-refractivity contribution < 1.29 is 13.2 Å². The lowest BCUT2D eigenvalue weighted by Gasteiger charge is -2.31. The van der Waals surface area contributed by atoms with Crippen LogP contribution >= 0.6 is 11.6 Å². The first kappa shape index (κ1) is 20.8. The molecule has 1 saturated heterocycles. The molecule has 0 radical (unpaired) electrons. The van der Waals surface area contributed by atoms with Crippen LogP contribution in [0.15, 0.2) is 53.4 Å². The smallest absolute Gasteiger partial charge is 0.243 e. The molecule has 1 N–H and O–H groups in total. The highest BCUT2D eigenvalue weighted by molar-refractivity contribution is 7.89. The van der Waals surface area contributed by atoms with E-state index in [1.807, 2.05) is 38.1 Å². The third kappa shape index (κ3) is 4.74. The number of benzene rings is 2. The van der Waals surface area contributed by atoms with Gasteiger partial charge in [-0.1, -0.05) is 41.4 Å². The summed E-state index contributed by atoms with van der Waals surface area (Å²) >= 11 is 5.84. The zero-order valence-corrected chi connectivity index (χ0v) is 17.6. The highest BCUT2D eigenvalue weighted by Gasteiger charge is 2.32. The summed E-state index contributed by atoms with van der Waals surface area (Å²) in [4.78, 5) is 12.8. The van der Waals surface area contributed by atoms with Crippen LogP contribution < -0.4 is 5.32 Å². The topological polar surface area (TPSA) is 66.5 Å². The quantitative estimate of drug-likeness (QED) is 0.796. The molecular weight excluding hydrogens is 396 g/mol. The molecule has 150 valence electrons. The summed E-state index contributed by atoms with van der Waals surface area (Å²) in [6, 6.07) is 14.2. The molecule has 1 fully saturated rings. The Labute approximate surface area is 171 Å². The molecule has 28 heavy (non-hydrogen) atoms. The van der Waals surface area contributed by atoms with E-state index in [0.29, 0.717) is 31.0 Å². The van der Waals surface area contributed by atoms with E-state index in [9.17, 15) is 13.2 Å². The van der Waals surface area contributed by atoms with Crippen molar-refractivity contribution in [3.05, 3.63) is 64.7 Å². The van der Waals surface area contributed by atoms with E-state index in [0.717, 1.165) is 5.56 Å². The zero-order chi connectivity index (χ0) is 20.3. The van der Waals surface area contributed by atoms with E-state index in [1.165, 1.54) is 22.0 Å². The van der Waals surface area contributed by atoms with Crippen molar-refractivity contribution in [2.24, 2.45) is 5.92 Å². The third-order valence-corrected chi connectivity index (χ3v) is 7.38. The Morgan fingerprint density at radius 2 is 1.64 bits per heavy atom. The molecule has 2 aromatic carbocycles. The number of nitrogens with one attached hydrogen (secondary N) is 1. The second-order valence-electron chi connectivity index (χ2n) is 7.27. The second kappa shape index (κ2) is 8.64. The molecule has 0 aromatic heterocycles. The second-order valence-corrected chi connectivity index (χ2v) is 9.65. The lowest BCUT2D eigenvalue weighted by atomic mass is 9.96. The average molecular weight is 421 g/mol. The molecule has 0 saturated carbocycles. The molecule has 1 atom stereocenters. The van der Waals surface area contributed by atoms with Crippen LogP contribution in [0.4, 0.5) is 0 Å². The van der Waals surface area contributed by atoms with Crippen LogP contribution in [0.25, 0.3) is 0 Å². The summed E-state index contributed by atoms with van der Waals surface area (Å²) in [5.41, 5.74) is 2.23. The van der Waals surface area contributed by atoms with Crippen molar-refractivity contribution in [1.29, 1.82) is 0 Å². The molecule has 2 aromatic rings.